The highest BCUT2D eigenvalue weighted by Gasteiger charge is 2.28. The molecule has 6 heteroatoms. The van der Waals surface area contributed by atoms with Crippen LogP contribution in [-0.4, -0.2) is 31.9 Å². The van der Waals surface area contributed by atoms with Gasteiger partial charge in [0.05, 0.1) is 11.5 Å². The zero-order valence-electron chi connectivity index (χ0n) is 9.22. The van der Waals surface area contributed by atoms with Crippen molar-refractivity contribution in [2.24, 2.45) is 0 Å². The normalized spacial score (nSPS) is 22.2. The summed E-state index contributed by atoms with van der Waals surface area (Å²) in [6, 6.07) is 6.24. The molecule has 1 unspecified atom stereocenters. The minimum Gasteiger partial charge on any atom is -0.399 e. The van der Waals surface area contributed by atoms with E-state index in [0.717, 1.165) is 0 Å². The van der Waals surface area contributed by atoms with Crippen LogP contribution in [0.3, 0.4) is 0 Å². The zero-order chi connectivity index (χ0) is 12.5. The number of rotatable bonds is 2. The van der Waals surface area contributed by atoms with E-state index in [1.54, 1.807) is 24.3 Å². The third-order valence-corrected chi connectivity index (χ3v) is 4.51. The number of sulfone groups is 1. The largest absolute Gasteiger partial charge is 0.399 e. The Labute approximate surface area is 99.9 Å². The van der Waals surface area contributed by atoms with Crippen LogP contribution in [0, 0.1) is 0 Å². The second-order valence-electron chi connectivity index (χ2n) is 4.20. The van der Waals surface area contributed by atoms with Crippen LogP contribution in [0.4, 0.5) is 5.69 Å². The zero-order valence-corrected chi connectivity index (χ0v) is 10.0. The van der Waals surface area contributed by atoms with Gasteiger partial charge in [-0.05, 0) is 30.7 Å². The highest BCUT2D eigenvalue weighted by Crippen LogP contribution is 2.12. The number of anilines is 1. The number of hydrogen-bond acceptors (Lipinski definition) is 4. The van der Waals surface area contributed by atoms with Crippen molar-refractivity contribution >= 4 is 21.4 Å². The van der Waals surface area contributed by atoms with Crippen LogP contribution in [0.25, 0.3) is 0 Å². The summed E-state index contributed by atoms with van der Waals surface area (Å²) >= 11 is 0. The first-order valence-electron chi connectivity index (χ1n) is 5.33. The van der Waals surface area contributed by atoms with Gasteiger partial charge in [0, 0.05) is 17.3 Å². The quantitative estimate of drug-likeness (QED) is 0.737. The first kappa shape index (κ1) is 11.9. The lowest BCUT2D eigenvalue weighted by Gasteiger charge is -2.10. The van der Waals surface area contributed by atoms with Crippen LogP contribution in [0.5, 0.6) is 0 Å². The molecule has 17 heavy (non-hydrogen) atoms. The lowest BCUT2D eigenvalue weighted by Crippen LogP contribution is -2.35. The van der Waals surface area contributed by atoms with Gasteiger partial charge in [0.15, 0.2) is 9.84 Å². The highest BCUT2D eigenvalue weighted by atomic mass is 32.2. The van der Waals surface area contributed by atoms with Gasteiger partial charge in [0.2, 0.25) is 0 Å². The molecular weight excluding hydrogens is 240 g/mol. The van der Waals surface area contributed by atoms with E-state index in [0.29, 0.717) is 17.7 Å². The molecule has 1 atom stereocenters. The number of amides is 1. The van der Waals surface area contributed by atoms with E-state index in [2.05, 4.69) is 5.32 Å². The van der Waals surface area contributed by atoms with Gasteiger partial charge in [0.1, 0.15) is 0 Å². The Kier molecular flexibility index (Phi) is 3.06. The van der Waals surface area contributed by atoms with Crippen molar-refractivity contribution < 1.29 is 13.2 Å². The van der Waals surface area contributed by atoms with Gasteiger partial charge < -0.3 is 11.1 Å². The third-order valence-electron chi connectivity index (χ3n) is 2.74. The lowest BCUT2D eigenvalue weighted by atomic mass is 10.1. The fourth-order valence-electron chi connectivity index (χ4n) is 1.81. The first-order chi connectivity index (χ1) is 7.96. The van der Waals surface area contributed by atoms with Crippen LogP contribution in [0.15, 0.2) is 24.3 Å². The summed E-state index contributed by atoms with van der Waals surface area (Å²) in [6.07, 6.45) is 0.489. The molecular formula is C11H14N2O3S. The summed E-state index contributed by atoms with van der Waals surface area (Å²) in [5, 5.41) is 2.71. The van der Waals surface area contributed by atoms with E-state index in [1.165, 1.54) is 0 Å². The van der Waals surface area contributed by atoms with Crippen LogP contribution in [-0.2, 0) is 9.84 Å². The van der Waals surface area contributed by atoms with E-state index < -0.39 is 9.84 Å². The monoisotopic (exact) mass is 254 g/mol. The van der Waals surface area contributed by atoms with E-state index >= 15 is 0 Å². The molecule has 1 aliphatic heterocycles. The average Bonchev–Trinajstić information content (AvgIpc) is 2.59. The fraction of sp³-hybridized carbons (Fsp3) is 0.364. The molecule has 0 radical (unpaired) electrons. The average molecular weight is 254 g/mol. The van der Waals surface area contributed by atoms with E-state index in [4.69, 9.17) is 5.73 Å². The minimum atomic E-state index is -2.96. The molecule has 1 heterocycles. The molecule has 1 aromatic rings. The molecule has 1 fully saturated rings. The fourth-order valence-corrected chi connectivity index (χ4v) is 3.49. The maximum atomic E-state index is 11.8. The topological polar surface area (TPSA) is 89.3 Å². The molecule has 2 rings (SSSR count). The Morgan fingerprint density at radius 3 is 2.47 bits per heavy atom. The maximum absolute atomic E-state index is 11.8. The van der Waals surface area contributed by atoms with Gasteiger partial charge in [0.25, 0.3) is 5.91 Å². The number of benzene rings is 1. The summed E-state index contributed by atoms with van der Waals surface area (Å²) in [4.78, 5) is 11.8. The molecule has 0 bridgehead atoms. The van der Waals surface area contributed by atoms with Gasteiger partial charge in [-0.15, -0.1) is 0 Å². The second kappa shape index (κ2) is 4.37. The molecule has 0 spiro atoms. The van der Waals surface area contributed by atoms with Gasteiger partial charge in [-0.1, -0.05) is 0 Å². The summed E-state index contributed by atoms with van der Waals surface area (Å²) in [5.74, 6) is -0.0694. The standard InChI is InChI=1S/C11H14N2O3S/c12-9-3-1-8(2-4-9)11(14)13-10-5-6-17(15,16)7-10/h1-4,10H,5-7,12H2,(H,13,14). The van der Waals surface area contributed by atoms with Gasteiger partial charge >= 0.3 is 0 Å². The van der Waals surface area contributed by atoms with Crippen LogP contribution in [0.1, 0.15) is 16.8 Å². The number of nitrogens with one attached hydrogen (secondary N) is 1. The van der Waals surface area contributed by atoms with Crippen molar-refractivity contribution in [2.75, 3.05) is 17.2 Å². The molecule has 5 nitrogen and oxygen atoms in total. The molecule has 3 N–H and O–H groups in total. The number of nitrogens with two attached hydrogens (primary N) is 1. The van der Waals surface area contributed by atoms with E-state index in [1.807, 2.05) is 0 Å². The number of nitrogen functional groups attached to an aromatic ring is 1. The predicted molar refractivity (Wildman–Crippen MR) is 65.4 cm³/mol. The van der Waals surface area contributed by atoms with Crippen molar-refractivity contribution in [3.63, 3.8) is 0 Å². The Morgan fingerprint density at radius 2 is 1.94 bits per heavy atom. The SMILES string of the molecule is Nc1ccc(C(=O)NC2CCS(=O)(=O)C2)cc1. The number of hydrogen-bond donors (Lipinski definition) is 2. The number of carbonyl (C=O) groups is 1. The van der Waals surface area contributed by atoms with Crippen molar-refractivity contribution in [3.05, 3.63) is 29.8 Å². The van der Waals surface area contributed by atoms with Crippen LogP contribution < -0.4 is 11.1 Å². The molecule has 1 aliphatic rings. The molecule has 92 valence electrons. The Morgan fingerprint density at radius 1 is 1.29 bits per heavy atom. The third kappa shape index (κ3) is 2.97. The van der Waals surface area contributed by atoms with Gasteiger partial charge in [-0.3, -0.25) is 4.79 Å². The predicted octanol–water partition coefficient (Wildman–Crippen LogP) is 0.186. The number of carbonyl (C=O) groups excluding carboxylic acids is 1. The Bertz CT molecular complexity index is 522. The molecule has 0 aromatic heterocycles. The van der Waals surface area contributed by atoms with E-state index in [-0.39, 0.29) is 23.5 Å². The van der Waals surface area contributed by atoms with Crippen molar-refractivity contribution in [1.29, 1.82) is 0 Å². The van der Waals surface area contributed by atoms with Gasteiger partial charge in [-0.25, -0.2) is 8.42 Å². The molecule has 1 aromatic carbocycles. The smallest absolute Gasteiger partial charge is 0.251 e. The van der Waals surface area contributed by atoms with Crippen molar-refractivity contribution in [1.82, 2.24) is 5.32 Å². The van der Waals surface area contributed by atoms with Gasteiger partial charge in [-0.2, -0.15) is 0 Å². The van der Waals surface area contributed by atoms with Crippen LogP contribution in [0.2, 0.25) is 0 Å². The van der Waals surface area contributed by atoms with Crippen LogP contribution >= 0.6 is 0 Å². The Hall–Kier alpha value is -1.56. The molecule has 0 aliphatic carbocycles. The summed E-state index contributed by atoms with van der Waals surface area (Å²) in [5.41, 5.74) is 6.59. The molecule has 0 saturated carbocycles. The maximum Gasteiger partial charge on any atom is 0.251 e. The van der Waals surface area contributed by atoms with E-state index in [9.17, 15) is 13.2 Å². The summed E-state index contributed by atoms with van der Waals surface area (Å²) in [6.45, 7) is 0. The Balaban J connectivity index is 2.01. The van der Waals surface area contributed by atoms with Crippen molar-refractivity contribution in [3.8, 4) is 0 Å². The summed E-state index contributed by atoms with van der Waals surface area (Å²) in [7, 11) is -2.96. The minimum absolute atomic E-state index is 0.0354. The van der Waals surface area contributed by atoms with Crippen molar-refractivity contribution in [2.45, 2.75) is 12.5 Å². The second-order valence-corrected chi connectivity index (χ2v) is 6.42. The molecule has 1 saturated heterocycles. The summed E-state index contributed by atoms with van der Waals surface area (Å²) < 4.78 is 22.5. The highest BCUT2D eigenvalue weighted by molar-refractivity contribution is 7.91. The molecule has 1 amide bonds. The first-order valence-corrected chi connectivity index (χ1v) is 7.15. The lowest BCUT2D eigenvalue weighted by molar-refractivity contribution is 0.0941.